The van der Waals surface area contributed by atoms with Gasteiger partial charge in [0.2, 0.25) is 11.8 Å². The molecule has 3 rings (SSSR count). The number of piperazine rings is 1. The molecular weight excluding hydrogens is 364 g/mol. The summed E-state index contributed by atoms with van der Waals surface area (Å²) in [4.78, 5) is 41.3. The molecule has 2 aliphatic rings. The monoisotopic (exact) mass is 392 g/mol. The van der Waals surface area contributed by atoms with E-state index in [9.17, 15) is 14.4 Å². The lowest BCUT2D eigenvalue weighted by atomic mass is 9.88. The normalized spacial score (nSPS) is 20.2. The fourth-order valence-corrected chi connectivity index (χ4v) is 5.28. The highest BCUT2D eigenvalue weighted by atomic mass is 32.1. The number of amides is 3. The van der Waals surface area contributed by atoms with Crippen LogP contribution in [-0.4, -0.2) is 60.2 Å². The maximum absolute atomic E-state index is 12.5. The van der Waals surface area contributed by atoms with E-state index < -0.39 is 5.91 Å². The summed E-state index contributed by atoms with van der Waals surface area (Å²) < 4.78 is 0. The zero-order valence-electron chi connectivity index (χ0n) is 16.0. The van der Waals surface area contributed by atoms with Gasteiger partial charge in [0.05, 0.1) is 12.1 Å². The van der Waals surface area contributed by atoms with Gasteiger partial charge in [-0.05, 0) is 30.7 Å². The average molecular weight is 393 g/mol. The molecule has 1 aromatic rings. The van der Waals surface area contributed by atoms with E-state index in [4.69, 9.17) is 5.73 Å². The number of thiophene rings is 1. The summed E-state index contributed by atoms with van der Waals surface area (Å²) in [5.74, 6) is 0.134. The number of carbonyl (C=O) groups is 3. The predicted molar refractivity (Wildman–Crippen MR) is 106 cm³/mol. The molecule has 1 fully saturated rings. The van der Waals surface area contributed by atoms with Crippen molar-refractivity contribution < 1.29 is 14.4 Å². The molecule has 3 N–H and O–H groups in total. The third-order valence-corrected chi connectivity index (χ3v) is 6.58. The van der Waals surface area contributed by atoms with E-state index in [2.05, 4.69) is 12.2 Å². The van der Waals surface area contributed by atoms with E-state index >= 15 is 0 Å². The zero-order chi connectivity index (χ0) is 19.6. The minimum Gasteiger partial charge on any atom is -0.365 e. The van der Waals surface area contributed by atoms with Gasteiger partial charge in [-0.1, -0.05) is 13.8 Å². The molecule has 0 saturated carbocycles. The molecular formula is C19H28N4O3S. The lowest BCUT2D eigenvalue weighted by molar-refractivity contribution is -0.132. The summed E-state index contributed by atoms with van der Waals surface area (Å²) in [6.45, 7) is 6.98. The van der Waals surface area contributed by atoms with Crippen molar-refractivity contribution in [3.05, 3.63) is 16.0 Å². The zero-order valence-corrected chi connectivity index (χ0v) is 16.9. The first-order valence-electron chi connectivity index (χ1n) is 9.63. The SMILES string of the molecule is CCC(=O)N1CCN(CC(=O)Nc2sc3c(c2C(N)=O)CC[C@@H](C)C3)CC1. The summed E-state index contributed by atoms with van der Waals surface area (Å²) in [5, 5.41) is 3.50. The van der Waals surface area contributed by atoms with Gasteiger partial charge in [0.25, 0.3) is 5.91 Å². The highest BCUT2D eigenvalue weighted by Gasteiger charge is 2.28. The van der Waals surface area contributed by atoms with Gasteiger partial charge in [0.1, 0.15) is 5.00 Å². The lowest BCUT2D eigenvalue weighted by Gasteiger charge is -2.34. The molecule has 148 valence electrons. The summed E-state index contributed by atoms with van der Waals surface area (Å²) in [7, 11) is 0. The minimum atomic E-state index is -0.468. The van der Waals surface area contributed by atoms with Crippen LogP contribution >= 0.6 is 11.3 Å². The Labute approximate surface area is 163 Å². The van der Waals surface area contributed by atoms with Crippen LogP contribution in [0.25, 0.3) is 0 Å². The Balaban J connectivity index is 1.62. The highest BCUT2D eigenvalue weighted by Crippen LogP contribution is 2.39. The Morgan fingerprint density at radius 1 is 1.22 bits per heavy atom. The second-order valence-electron chi connectivity index (χ2n) is 7.48. The van der Waals surface area contributed by atoms with Crippen LogP contribution in [0.4, 0.5) is 5.00 Å². The molecule has 8 heteroatoms. The molecule has 1 aromatic heterocycles. The predicted octanol–water partition coefficient (Wildman–Crippen LogP) is 1.46. The van der Waals surface area contributed by atoms with Crippen LogP contribution in [0, 0.1) is 5.92 Å². The Kier molecular flexibility index (Phi) is 6.16. The summed E-state index contributed by atoms with van der Waals surface area (Å²) in [5.41, 5.74) is 7.12. The molecule has 1 atom stereocenters. The van der Waals surface area contributed by atoms with Crippen molar-refractivity contribution in [1.29, 1.82) is 0 Å². The maximum Gasteiger partial charge on any atom is 0.251 e. The van der Waals surface area contributed by atoms with Gasteiger partial charge in [0, 0.05) is 37.5 Å². The molecule has 0 bridgehead atoms. The van der Waals surface area contributed by atoms with Crippen molar-refractivity contribution in [2.24, 2.45) is 11.7 Å². The largest absolute Gasteiger partial charge is 0.365 e. The van der Waals surface area contributed by atoms with Crippen LogP contribution in [0.15, 0.2) is 0 Å². The standard InChI is InChI=1S/C19H28N4O3S/c1-3-16(25)23-8-6-22(7-9-23)11-15(24)21-19-17(18(20)26)13-5-4-12(2)10-14(13)27-19/h12H,3-11H2,1-2H3,(H2,20,26)(H,21,24)/t12-/m1/s1. The second kappa shape index (κ2) is 8.39. The van der Waals surface area contributed by atoms with Crippen molar-refractivity contribution >= 4 is 34.1 Å². The first kappa shape index (κ1) is 19.8. The molecule has 27 heavy (non-hydrogen) atoms. The lowest BCUT2D eigenvalue weighted by Crippen LogP contribution is -2.50. The Hall–Kier alpha value is -1.93. The van der Waals surface area contributed by atoms with E-state index in [-0.39, 0.29) is 18.4 Å². The summed E-state index contributed by atoms with van der Waals surface area (Å²) in [6.07, 6.45) is 3.33. The minimum absolute atomic E-state index is 0.139. The average Bonchev–Trinajstić information content (AvgIpc) is 2.98. The fraction of sp³-hybridized carbons (Fsp3) is 0.632. The highest BCUT2D eigenvalue weighted by molar-refractivity contribution is 7.17. The van der Waals surface area contributed by atoms with Crippen LogP contribution in [0.2, 0.25) is 0 Å². The number of nitrogens with zero attached hydrogens (tertiary/aromatic N) is 2. The third kappa shape index (κ3) is 4.50. The molecule has 3 amide bonds. The number of carbonyl (C=O) groups excluding carboxylic acids is 3. The van der Waals surface area contributed by atoms with Gasteiger partial charge in [-0.25, -0.2) is 0 Å². The van der Waals surface area contributed by atoms with Gasteiger partial charge in [-0.2, -0.15) is 0 Å². The number of fused-ring (bicyclic) bond motifs is 1. The van der Waals surface area contributed by atoms with Crippen LogP contribution in [0.3, 0.4) is 0 Å². The molecule has 1 aliphatic carbocycles. The molecule has 7 nitrogen and oxygen atoms in total. The van der Waals surface area contributed by atoms with Crippen molar-refractivity contribution in [3.63, 3.8) is 0 Å². The molecule has 1 saturated heterocycles. The van der Waals surface area contributed by atoms with E-state index in [1.165, 1.54) is 16.2 Å². The van der Waals surface area contributed by atoms with Crippen molar-refractivity contribution in [1.82, 2.24) is 9.80 Å². The number of rotatable bonds is 5. The van der Waals surface area contributed by atoms with E-state index in [1.807, 2.05) is 16.7 Å². The van der Waals surface area contributed by atoms with Crippen LogP contribution in [0.1, 0.15) is 47.5 Å². The number of primary amides is 1. The molecule has 0 aromatic carbocycles. The van der Waals surface area contributed by atoms with Crippen LogP contribution in [-0.2, 0) is 22.4 Å². The first-order chi connectivity index (χ1) is 12.9. The van der Waals surface area contributed by atoms with Crippen molar-refractivity contribution in [2.75, 3.05) is 38.0 Å². The number of nitrogens with two attached hydrogens (primary N) is 1. The summed E-state index contributed by atoms with van der Waals surface area (Å²) >= 11 is 1.49. The first-order valence-corrected chi connectivity index (χ1v) is 10.4. The van der Waals surface area contributed by atoms with Crippen LogP contribution < -0.4 is 11.1 Å². The molecule has 2 heterocycles. The Morgan fingerprint density at radius 2 is 1.93 bits per heavy atom. The number of hydrogen-bond donors (Lipinski definition) is 2. The topological polar surface area (TPSA) is 95.7 Å². The van der Waals surface area contributed by atoms with Crippen molar-refractivity contribution in [3.8, 4) is 0 Å². The number of hydrogen-bond acceptors (Lipinski definition) is 5. The van der Waals surface area contributed by atoms with Crippen LogP contribution in [0.5, 0.6) is 0 Å². The van der Waals surface area contributed by atoms with Crippen molar-refractivity contribution in [2.45, 2.75) is 39.5 Å². The van der Waals surface area contributed by atoms with E-state index in [1.54, 1.807) is 0 Å². The van der Waals surface area contributed by atoms with E-state index in [0.717, 1.165) is 24.8 Å². The van der Waals surface area contributed by atoms with Gasteiger partial charge < -0.3 is 16.0 Å². The Bertz CT molecular complexity index is 738. The maximum atomic E-state index is 12.5. The molecule has 0 spiro atoms. The number of anilines is 1. The fourth-order valence-electron chi connectivity index (χ4n) is 3.85. The third-order valence-electron chi connectivity index (χ3n) is 5.41. The van der Waals surface area contributed by atoms with Gasteiger partial charge in [-0.15, -0.1) is 11.3 Å². The Morgan fingerprint density at radius 3 is 2.56 bits per heavy atom. The quantitative estimate of drug-likeness (QED) is 0.793. The smallest absolute Gasteiger partial charge is 0.251 e. The molecule has 0 radical (unpaired) electrons. The number of nitrogens with one attached hydrogen (secondary N) is 1. The van der Waals surface area contributed by atoms with Gasteiger partial charge >= 0.3 is 0 Å². The van der Waals surface area contributed by atoms with E-state index in [0.29, 0.717) is 49.1 Å². The van der Waals surface area contributed by atoms with Gasteiger partial charge in [-0.3, -0.25) is 19.3 Å². The summed E-state index contributed by atoms with van der Waals surface area (Å²) in [6, 6.07) is 0. The molecule has 0 unspecified atom stereocenters. The van der Waals surface area contributed by atoms with Gasteiger partial charge in [0.15, 0.2) is 0 Å². The molecule has 1 aliphatic heterocycles. The second-order valence-corrected chi connectivity index (χ2v) is 8.58.